The molecule has 0 unspecified atom stereocenters. The minimum Gasteiger partial charge on any atom is -0.349 e. The Labute approximate surface area is 143 Å². The van der Waals surface area contributed by atoms with Crippen LogP contribution in [-0.2, 0) is 17.6 Å². The van der Waals surface area contributed by atoms with E-state index in [0.717, 1.165) is 37.0 Å². The van der Waals surface area contributed by atoms with Crippen LogP contribution in [0.25, 0.3) is 0 Å². The van der Waals surface area contributed by atoms with Crippen LogP contribution in [0.4, 0.5) is 0 Å². The van der Waals surface area contributed by atoms with Crippen LogP contribution in [0.1, 0.15) is 53.2 Å². The highest BCUT2D eigenvalue weighted by atomic mass is 32.1. The Hall–Kier alpha value is -1.36. The zero-order chi connectivity index (χ0) is 17.0. The topological polar surface area (TPSA) is 40.6 Å². The maximum Gasteiger partial charge on any atom is 0.263 e. The summed E-state index contributed by atoms with van der Waals surface area (Å²) in [5.41, 5.74) is 1.32. The Balaban J connectivity index is 2.01. The molecule has 1 aliphatic heterocycles. The summed E-state index contributed by atoms with van der Waals surface area (Å²) in [6, 6.07) is 2.08. The summed E-state index contributed by atoms with van der Waals surface area (Å²) in [6.45, 7) is 5.69. The number of carbonyl (C=O) groups excluding carboxylic acids is 2. The summed E-state index contributed by atoms with van der Waals surface area (Å²) >= 11 is 1.66. The van der Waals surface area contributed by atoms with E-state index in [1.165, 1.54) is 10.4 Å². The highest BCUT2D eigenvalue weighted by molar-refractivity contribution is 7.14. The van der Waals surface area contributed by atoms with Crippen molar-refractivity contribution in [2.45, 2.75) is 46.0 Å². The summed E-state index contributed by atoms with van der Waals surface area (Å²) in [5.74, 6) is 0.397. The lowest BCUT2D eigenvalue weighted by atomic mass is 9.95. The Morgan fingerprint density at radius 3 is 2.43 bits per heavy atom. The van der Waals surface area contributed by atoms with Crippen LogP contribution in [0.3, 0.4) is 0 Å². The standard InChI is InChI=1S/C18H28N2O2S/c1-5-7-15-13(6-2)12-16(23-15)18(22)20-10-8-14(9-11-20)17(21)19(3)4/h12,14H,5-11H2,1-4H3. The lowest BCUT2D eigenvalue weighted by molar-refractivity contribution is -0.134. The molecule has 2 rings (SSSR count). The second-order valence-electron chi connectivity index (χ2n) is 6.46. The first-order valence-corrected chi connectivity index (χ1v) is 9.41. The number of rotatable bonds is 5. The van der Waals surface area contributed by atoms with E-state index in [4.69, 9.17) is 0 Å². The molecular weight excluding hydrogens is 308 g/mol. The Morgan fingerprint density at radius 1 is 1.26 bits per heavy atom. The molecule has 23 heavy (non-hydrogen) atoms. The van der Waals surface area contributed by atoms with E-state index in [1.807, 2.05) is 4.90 Å². The number of nitrogens with zero attached hydrogens (tertiary/aromatic N) is 2. The van der Waals surface area contributed by atoms with Crippen LogP contribution < -0.4 is 0 Å². The summed E-state index contributed by atoms with van der Waals surface area (Å²) in [5, 5.41) is 0. The molecule has 0 saturated carbocycles. The molecule has 0 atom stereocenters. The van der Waals surface area contributed by atoms with Crippen LogP contribution in [-0.4, -0.2) is 48.8 Å². The molecule has 0 aromatic carbocycles. The van der Waals surface area contributed by atoms with E-state index < -0.39 is 0 Å². The third-order valence-electron chi connectivity index (χ3n) is 4.54. The molecule has 128 valence electrons. The lowest BCUT2D eigenvalue weighted by Crippen LogP contribution is -2.42. The van der Waals surface area contributed by atoms with Gasteiger partial charge in [-0.2, -0.15) is 0 Å². The number of hydrogen-bond donors (Lipinski definition) is 0. The maximum atomic E-state index is 12.7. The summed E-state index contributed by atoms with van der Waals surface area (Å²) in [4.78, 5) is 30.6. The van der Waals surface area contributed by atoms with Crippen molar-refractivity contribution in [1.29, 1.82) is 0 Å². The van der Waals surface area contributed by atoms with Crippen LogP contribution in [0.2, 0.25) is 0 Å². The van der Waals surface area contributed by atoms with Crippen molar-refractivity contribution in [3.05, 3.63) is 21.4 Å². The van der Waals surface area contributed by atoms with E-state index in [9.17, 15) is 9.59 Å². The number of likely N-dealkylation sites (tertiary alicyclic amines) is 1. The van der Waals surface area contributed by atoms with Gasteiger partial charge in [0, 0.05) is 38.0 Å². The zero-order valence-corrected chi connectivity index (χ0v) is 15.5. The van der Waals surface area contributed by atoms with Gasteiger partial charge in [0.1, 0.15) is 0 Å². The molecule has 0 radical (unpaired) electrons. The number of piperidine rings is 1. The van der Waals surface area contributed by atoms with Crippen molar-refractivity contribution >= 4 is 23.2 Å². The van der Waals surface area contributed by atoms with Gasteiger partial charge in [-0.25, -0.2) is 0 Å². The first kappa shape index (κ1) is 18.0. The average molecular weight is 337 g/mol. The minimum absolute atomic E-state index is 0.0687. The second kappa shape index (κ2) is 7.95. The minimum atomic E-state index is 0.0687. The predicted octanol–water partition coefficient (Wildman–Crippen LogP) is 3.20. The monoisotopic (exact) mass is 336 g/mol. The Bertz CT molecular complexity index is 557. The van der Waals surface area contributed by atoms with E-state index in [0.29, 0.717) is 13.1 Å². The first-order valence-electron chi connectivity index (χ1n) is 8.59. The quantitative estimate of drug-likeness (QED) is 0.828. The molecule has 1 saturated heterocycles. The molecular formula is C18H28N2O2S. The van der Waals surface area contributed by atoms with Crippen molar-refractivity contribution in [2.24, 2.45) is 5.92 Å². The van der Waals surface area contributed by atoms with Crippen LogP contribution in [0.5, 0.6) is 0 Å². The van der Waals surface area contributed by atoms with Crippen LogP contribution in [0, 0.1) is 5.92 Å². The Kier molecular flexibility index (Phi) is 6.22. The van der Waals surface area contributed by atoms with E-state index >= 15 is 0 Å². The van der Waals surface area contributed by atoms with Gasteiger partial charge in [-0.05, 0) is 37.3 Å². The fraction of sp³-hybridized carbons (Fsp3) is 0.667. The summed E-state index contributed by atoms with van der Waals surface area (Å²) in [6.07, 6.45) is 4.70. The number of carbonyl (C=O) groups is 2. The van der Waals surface area contributed by atoms with Gasteiger partial charge in [0.15, 0.2) is 0 Å². The van der Waals surface area contributed by atoms with Crippen molar-refractivity contribution in [2.75, 3.05) is 27.2 Å². The van der Waals surface area contributed by atoms with Gasteiger partial charge in [0.05, 0.1) is 4.88 Å². The second-order valence-corrected chi connectivity index (χ2v) is 7.60. The molecule has 0 aliphatic carbocycles. The molecule has 2 heterocycles. The Morgan fingerprint density at radius 2 is 1.91 bits per heavy atom. The van der Waals surface area contributed by atoms with Gasteiger partial charge in [-0.1, -0.05) is 20.3 Å². The fourth-order valence-corrected chi connectivity index (χ4v) is 4.48. The van der Waals surface area contributed by atoms with Crippen molar-refractivity contribution < 1.29 is 9.59 Å². The van der Waals surface area contributed by atoms with E-state index in [1.54, 1.807) is 30.3 Å². The lowest BCUT2D eigenvalue weighted by Gasteiger charge is -2.32. The molecule has 1 aliphatic rings. The molecule has 1 fully saturated rings. The molecule has 2 amide bonds. The average Bonchev–Trinajstić information content (AvgIpc) is 2.97. The SMILES string of the molecule is CCCc1sc(C(=O)N2CCC(C(=O)N(C)C)CC2)cc1CC. The molecule has 0 N–H and O–H groups in total. The van der Waals surface area contributed by atoms with Gasteiger partial charge in [-0.3, -0.25) is 9.59 Å². The highest BCUT2D eigenvalue weighted by Crippen LogP contribution is 2.27. The highest BCUT2D eigenvalue weighted by Gasteiger charge is 2.29. The van der Waals surface area contributed by atoms with Crippen molar-refractivity contribution in [1.82, 2.24) is 9.80 Å². The number of aryl methyl sites for hydroxylation is 2. The first-order chi connectivity index (χ1) is 11.0. The van der Waals surface area contributed by atoms with Gasteiger partial charge in [0.2, 0.25) is 5.91 Å². The van der Waals surface area contributed by atoms with Gasteiger partial charge in [0.25, 0.3) is 5.91 Å². The van der Waals surface area contributed by atoms with E-state index in [-0.39, 0.29) is 17.7 Å². The van der Waals surface area contributed by atoms with Gasteiger partial charge >= 0.3 is 0 Å². The van der Waals surface area contributed by atoms with Crippen LogP contribution in [0.15, 0.2) is 6.07 Å². The third-order valence-corrected chi connectivity index (χ3v) is 5.76. The van der Waals surface area contributed by atoms with Gasteiger partial charge < -0.3 is 9.80 Å². The third kappa shape index (κ3) is 4.14. The number of thiophene rings is 1. The molecule has 4 nitrogen and oxygen atoms in total. The van der Waals surface area contributed by atoms with E-state index in [2.05, 4.69) is 19.9 Å². The molecule has 1 aromatic rings. The zero-order valence-electron chi connectivity index (χ0n) is 14.7. The summed E-state index contributed by atoms with van der Waals surface area (Å²) < 4.78 is 0. The molecule has 0 bridgehead atoms. The smallest absolute Gasteiger partial charge is 0.263 e. The molecule has 5 heteroatoms. The fourth-order valence-electron chi connectivity index (χ4n) is 3.16. The summed E-state index contributed by atoms with van der Waals surface area (Å²) in [7, 11) is 3.60. The molecule has 0 spiro atoms. The largest absolute Gasteiger partial charge is 0.349 e. The predicted molar refractivity (Wildman–Crippen MR) is 95.0 cm³/mol. The number of hydrogen-bond acceptors (Lipinski definition) is 3. The maximum absolute atomic E-state index is 12.7. The van der Waals surface area contributed by atoms with Gasteiger partial charge in [-0.15, -0.1) is 11.3 Å². The normalized spacial score (nSPS) is 15.7. The number of amides is 2. The van der Waals surface area contributed by atoms with Crippen LogP contribution >= 0.6 is 11.3 Å². The van der Waals surface area contributed by atoms with Crippen molar-refractivity contribution in [3.8, 4) is 0 Å². The van der Waals surface area contributed by atoms with Crippen molar-refractivity contribution in [3.63, 3.8) is 0 Å². The molecule has 1 aromatic heterocycles.